The van der Waals surface area contributed by atoms with E-state index in [-0.39, 0.29) is 61.0 Å². The number of carbonyl (C=O) groups is 2. The summed E-state index contributed by atoms with van der Waals surface area (Å²) in [6, 6.07) is 13.3. The second kappa shape index (κ2) is 15.4. The highest BCUT2D eigenvalue weighted by molar-refractivity contribution is 7.89. The molecule has 10 nitrogen and oxygen atoms in total. The molecule has 4 rings (SSSR count). The second-order valence-electron chi connectivity index (χ2n) is 12.4. The maximum absolute atomic E-state index is 14.0. The van der Waals surface area contributed by atoms with Crippen LogP contribution in [0.15, 0.2) is 58.9 Å². The van der Waals surface area contributed by atoms with E-state index in [0.717, 1.165) is 41.7 Å². The van der Waals surface area contributed by atoms with Gasteiger partial charge in [-0.1, -0.05) is 58.0 Å². The van der Waals surface area contributed by atoms with Crippen LogP contribution in [0, 0.1) is 11.8 Å². The fourth-order valence-electron chi connectivity index (χ4n) is 5.50. The predicted octanol–water partition coefficient (Wildman–Crippen LogP) is 3.92. The molecule has 2 heterocycles. The van der Waals surface area contributed by atoms with E-state index in [1.165, 1.54) is 26.7 Å². The summed E-state index contributed by atoms with van der Waals surface area (Å²) in [5.41, 5.74) is 6.06. The lowest BCUT2D eigenvalue weighted by Gasteiger charge is -2.37. The fourth-order valence-corrected chi connectivity index (χ4v) is 7.94. The van der Waals surface area contributed by atoms with Crippen molar-refractivity contribution in [3.63, 3.8) is 0 Å². The van der Waals surface area contributed by atoms with Gasteiger partial charge in [0.1, 0.15) is 0 Å². The molecule has 3 aromatic rings. The lowest BCUT2D eigenvalue weighted by atomic mass is 9.99. The van der Waals surface area contributed by atoms with E-state index < -0.39 is 22.2 Å². The number of rotatable bonds is 14. The quantitative estimate of drug-likeness (QED) is 0.255. The zero-order chi connectivity index (χ0) is 31.9. The van der Waals surface area contributed by atoms with E-state index in [9.17, 15) is 23.1 Å². The van der Waals surface area contributed by atoms with Gasteiger partial charge < -0.3 is 5.11 Å². The summed E-state index contributed by atoms with van der Waals surface area (Å²) >= 11 is 1.36. The summed E-state index contributed by atoms with van der Waals surface area (Å²) in [4.78, 5) is 33.3. The Kier molecular flexibility index (Phi) is 11.9. The van der Waals surface area contributed by atoms with Gasteiger partial charge in [-0.25, -0.2) is 18.4 Å². The number of thiazole rings is 1. The Labute approximate surface area is 265 Å². The molecule has 2 aromatic carbocycles. The molecule has 1 fully saturated rings. The number of nitrogens with zero attached hydrogens (tertiary/aromatic N) is 4. The molecule has 1 aromatic heterocycles. The summed E-state index contributed by atoms with van der Waals surface area (Å²) in [5, 5.41) is 13.1. The second-order valence-corrected chi connectivity index (χ2v) is 15.2. The van der Waals surface area contributed by atoms with Crippen LogP contribution in [-0.4, -0.2) is 89.4 Å². The predicted molar refractivity (Wildman–Crippen MR) is 173 cm³/mol. The van der Waals surface area contributed by atoms with Gasteiger partial charge in [-0.3, -0.25) is 19.9 Å². The molecular weight excluding hydrogens is 599 g/mol. The number of amides is 2. The first-order chi connectivity index (χ1) is 20.9. The molecule has 0 spiro atoms. The number of hydrazine groups is 1. The molecule has 44 heavy (non-hydrogen) atoms. The molecule has 2 N–H and O–H groups in total. The van der Waals surface area contributed by atoms with Crippen molar-refractivity contribution in [3.8, 4) is 0 Å². The molecule has 240 valence electrons. The van der Waals surface area contributed by atoms with Gasteiger partial charge in [-0.2, -0.15) is 4.31 Å². The lowest BCUT2D eigenvalue weighted by Crippen LogP contribution is -2.60. The number of hydrogen-bond acceptors (Lipinski definition) is 8. The number of aliphatic hydroxyl groups is 1. The van der Waals surface area contributed by atoms with Crippen molar-refractivity contribution >= 4 is 43.4 Å². The van der Waals surface area contributed by atoms with Crippen molar-refractivity contribution in [2.24, 2.45) is 11.8 Å². The molecule has 0 unspecified atom stereocenters. The van der Waals surface area contributed by atoms with E-state index in [1.54, 1.807) is 17.6 Å². The summed E-state index contributed by atoms with van der Waals surface area (Å²) in [7, 11) is -4.02. The number of fused-ring (bicyclic) bond motifs is 1. The van der Waals surface area contributed by atoms with Gasteiger partial charge >= 0.3 is 0 Å². The van der Waals surface area contributed by atoms with E-state index in [2.05, 4.69) is 10.4 Å². The van der Waals surface area contributed by atoms with Gasteiger partial charge in [0.05, 0.1) is 39.3 Å². The van der Waals surface area contributed by atoms with Gasteiger partial charge in [0.25, 0.3) is 5.91 Å². The Morgan fingerprint density at radius 2 is 1.73 bits per heavy atom. The van der Waals surface area contributed by atoms with Crippen LogP contribution in [0.2, 0.25) is 0 Å². The highest BCUT2D eigenvalue weighted by atomic mass is 32.2. The molecule has 1 aliphatic rings. The van der Waals surface area contributed by atoms with Crippen LogP contribution in [-0.2, 0) is 26.0 Å². The van der Waals surface area contributed by atoms with Crippen molar-refractivity contribution in [1.29, 1.82) is 0 Å². The number of benzene rings is 2. The Morgan fingerprint density at radius 1 is 1.02 bits per heavy atom. The molecule has 12 heteroatoms. The minimum atomic E-state index is -4.02. The summed E-state index contributed by atoms with van der Waals surface area (Å²) in [6.45, 7) is 9.36. The van der Waals surface area contributed by atoms with Crippen molar-refractivity contribution in [1.82, 2.24) is 24.6 Å². The van der Waals surface area contributed by atoms with Gasteiger partial charge in [-0.05, 0) is 68.0 Å². The summed E-state index contributed by atoms with van der Waals surface area (Å²) in [6.07, 6.45) is 1.12. The molecule has 0 bridgehead atoms. The van der Waals surface area contributed by atoms with Crippen LogP contribution in [0.3, 0.4) is 0 Å². The number of sulfonamides is 1. The molecule has 0 radical (unpaired) electrons. The van der Waals surface area contributed by atoms with Gasteiger partial charge in [0.15, 0.2) is 0 Å². The Hall–Kier alpha value is -2.90. The first-order valence-corrected chi connectivity index (χ1v) is 17.6. The Balaban J connectivity index is 1.67. The van der Waals surface area contributed by atoms with E-state index in [0.29, 0.717) is 0 Å². The van der Waals surface area contributed by atoms with Crippen LogP contribution < -0.4 is 5.43 Å². The molecule has 0 saturated carbocycles. The van der Waals surface area contributed by atoms with Crippen molar-refractivity contribution in [2.45, 2.75) is 70.4 Å². The molecular formula is C32H45N5O5S2. The molecule has 2 atom stereocenters. The van der Waals surface area contributed by atoms with Crippen molar-refractivity contribution in [3.05, 3.63) is 59.6 Å². The molecule has 0 aliphatic carbocycles. The van der Waals surface area contributed by atoms with Crippen LogP contribution in [0.1, 0.15) is 52.5 Å². The number of nitrogens with one attached hydrogen (secondary N) is 1. The highest BCUT2D eigenvalue weighted by Crippen LogP contribution is 2.26. The van der Waals surface area contributed by atoms with Crippen LogP contribution in [0.4, 0.5) is 0 Å². The number of likely N-dealkylation sites (tertiary alicyclic amines) is 1. The minimum absolute atomic E-state index is 0.00878. The fraction of sp³-hybridized carbons (Fsp3) is 0.531. The largest absolute Gasteiger partial charge is 0.390 e. The van der Waals surface area contributed by atoms with E-state index in [1.807, 2.05) is 62.9 Å². The minimum Gasteiger partial charge on any atom is -0.390 e. The number of aromatic nitrogens is 1. The van der Waals surface area contributed by atoms with Crippen molar-refractivity contribution < 1.29 is 23.1 Å². The highest BCUT2D eigenvalue weighted by Gasteiger charge is 2.36. The van der Waals surface area contributed by atoms with E-state index >= 15 is 0 Å². The maximum Gasteiger partial charge on any atom is 0.252 e. The van der Waals surface area contributed by atoms with Crippen LogP contribution in [0.5, 0.6) is 0 Å². The molecule has 2 amide bonds. The maximum atomic E-state index is 14.0. The third kappa shape index (κ3) is 9.07. The third-order valence-electron chi connectivity index (χ3n) is 7.63. The molecule has 1 saturated heterocycles. The number of aliphatic hydroxyl groups excluding tert-OH is 1. The zero-order valence-corrected chi connectivity index (χ0v) is 27.7. The smallest absolute Gasteiger partial charge is 0.252 e. The van der Waals surface area contributed by atoms with Gasteiger partial charge in [0, 0.05) is 19.5 Å². The standard InChI is InChI=1S/C32H45N5O5S2/c1-23(2)16-32(40)37(34-31(39)21-35-14-8-9-15-35)28(17-25-10-6-5-7-11-25)29(38)20-36(19-24(3)4)44(41,42)26-12-13-27-30(18-26)43-22-33-27/h5-7,10-13,18,22-24,28-29,38H,8-9,14-17,19-21H2,1-4H3,(H,34,39)/t28-,29+/m0/s1. The first kappa shape index (κ1) is 34.0. The first-order valence-electron chi connectivity index (χ1n) is 15.3. The Bertz CT molecular complexity index is 1490. The van der Waals surface area contributed by atoms with E-state index in [4.69, 9.17) is 0 Å². The number of carbonyl (C=O) groups excluding carboxylic acids is 2. The Morgan fingerprint density at radius 3 is 2.39 bits per heavy atom. The summed E-state index contributed by atoms with van der Waals surface area (Å²) in [5.74, 6) is -0.688. The third-order valence-corrected chi connectivity index (χ3v) is 10.2. The van der Waals surface area contributed by atoms with Gasteiger partial charge in [0.2, 0.25) is 15.9 Å². The monoisotopic (exact) mass is 643 g/mol. The molecule has 1 aliphatic heterocycles. The lowest BCUT2D eigenvalue weighted by molar-refractivity contribution is -0.148. The average molecular weight is 644 g/mol. The van der Waals surface area contributed by atoms with Crippen LogP contribution >= 0.6 is 11.3 Å². The average Bonchev–Trinajstić information content (AvgIpc) is 3.66. The summed E-state index contributed by atoms with van der Waals surface area (Å²) < 4.78 is 30.1. The topological polar surface area (TPSA) is 123 Å². The number of hydrogen-bond donors (Lipinski definition) is 2. The zero-order valence-electron chi connectivity index (χ0n) is 26.1. The van der Waals surface area contributed by atoms with Crippen molar-refractivity contribution in [2.75, 3.05) is 32.7 Å². The van der Waals surface area contributed by atoms with Crippen LogP contribution in [0.25, 0.3) is 10.2 Å². The SMILES string of the molecule is CC(C)CC(=O)N(NC(=O)CN1CCCC1)[C@@H](Cc1ccccc1)[C@H](O)CN(CC(C)C)S(=O)(=O)c1ccc2ncsc2c1. The normalized spacial score (nSPS) is 15.7. The van der Waals surface area contributed by atoms with Gasteiger partial charge in [-0.15, -0.1) is 11.3 Å².